The van der Waals surface area contributed by atoms with E-state index in [9.17, 15) is 30.2 Å². The van der Waals surface area contributed by atoms with Gasteiger partial charge in [-0.25, -0.2) is 9.97 Å². The topological polar surface area (TPSA) is 177 Å². The first-order valence-electron chi connectivity index (χ1n) is 8.81. The van der Waals surface area contributed by atoms with Crippen LogP contribution in [0.5, 0.6) is 0 Å². The summed E-state index contributed by atoms with van der Waals surface area (Å²) in [6, 6.07) is 8.42. The number of aromatic nitrogens is 4. The van der Waals surface area contributed by atoms with Gasteiger partial charge in [0.2, 0.25) is 9.33 Å². The molecule has 0 unspecified atom stereocenters. The molecule has 0 amide bonds. The van der Waals surface area contributed by atoms with E-state index >= 15 is 0 Å². The molecule has 164 valence electrons. The minimum atomic E-state index is -3.27. The van der Waals surface area contributed by atoms with Crippen molar-refractivity contribution in [1.82, 2.24) is 19.5 Å². The number of halogens is 1. The van der Waals surface area contributed by atoms with Gasteiger partial charge in [0.25, 0.3) is 11.3 Å². The average molecular weight is 561 g/mol. The van der Waals surface area contributed by atoms with E-state index in [1.165, 1.54) is 22.6 Å². The maximum Gasteiger partial charge on any atom is 0.368 e. The minimum absolute atomic E-state index is 0.102. The molecule has 1 fully saturated rings. The van der Waals surface area contributed by atoms with Gasteiger partial charge in [-0.2, -0.15) is 0 Å². The van der Waals surface area contributed by atoms with Crippen LogP contribution in [0.2, 0.25) is 0 Å². The lowest BCUT2D eigenvalue weighted by molar-refractivity contribution is -0.593. The molecular formula is C17H16IN5O7S. The Morgan fingerprint density at radius 3 is 2.58 bits per heavy atom. The number of aliphatic hydroxyl groups excluding tert-OH is 1. The molecule has 4 N–H and O–H groups in total. The van der Waals surface area contributed by atoms with Crippen LogP contribution in [0.4, 0.5) is 0 Å². The lowest BCUT2D eigenvalue weighted by Gasteiger charge is -2.38. The zero-order valence-electron chi connectivity index (χ0n) is 15.5. The molecule has 3 heterocycles. The number of H-pyrrole nitrogens is 1. The molecule has 1 saturated heterocycles. The fourth-order valence-electron chi connectivity index (χ4n) is 3.80. The van der Waals surface area contributed by atoms with Crippen LogP contribution in [-0.2, 0) is 16.9 Å². The third-order valence-electron chi connectivity index (χ3n) is 5.37. The summed E-state index contributed by atoms with van der Waals surface area (Å²) < 4.78 is 4.79. The van der Waals surface area contributed by atoms with Crippen molar-refractivity contribution >= 4 is 46.4 Å². The Kier molecular flexibility index (Phi) is 5.14. The van der Waals surface area contributed by atoms with Crippen molar-refractivity contribution in [3.63, 3.8) is 0 Å². The van der Waals surface area contributed by atoms with Crippen molar-refractivity contribution in [3.05, 3.63) is 69.0 Å². The average Bonchev–Trinajstić information content (AvgIpc) is 3.23. The van der Waals surface area contributed by atoms with Crippen LogP contribution in [0.3, 0.4) is 0 Å². The number of hydrogen-bond acceptors (Lipinski definition) is 10. The number of nitrogens with one attached hydrogen (secondary N) is 1. The lowest BCUT2D eigenvalue weighted by Crippen LogP contribution is -2.67. The predicted octanol–water partition coefficient (Wildman–Crippen LogP) is -0.247. The van der Waals surface area contributed by atoms with E-state index in [1.54, 1.807) is 30.3 Å². The number of imidazole rings is 1. The van der Waals surface area contributed by atoms with Crippen LogP contribution in [0, 0.1) is 10.1 Å². The Morgan fingerprint density at radius 2 is 1.97 bits per heavy atom. The Balaban J connectivity index is 2.11. The standard InChI is InChI=1S/C17H16IN5O7S/c18-14(7-24)17(26,27)16(31,23(28)29)15(30-14,6-10-4-2-1-3-5-10)22-9-21-11-12(22)19-8-20-13(11)25/h1-5,8-9,24,26-27,31H,6-7H2,(H,19,20,25)/t14-,15-,16+/m1/s1. The molecule has 2 aromatic heterocycles. The monoisotopic (exact) mass is 561 g/mol. The highest BCUT2D eigenvalue weighted by Gasteiger charge is 2.86. The van der Waals surface area contributed by atoms with Crippen LogP contribution in [0.1, 0.15) is 5.56 Å². The largest absolute Gasteiger partial charge is 0.392 e. The van der Waals surface area contributed by atoms with Crippen molar-refractivity contribution in [2.45, 2.75) is 26.4 Å². The molecule has 1 aliphatic rings. The van der Waals surface area contributed by atoms with Gasteiger partial charge >= 0.3 is 4.87 Å². The SMILES string of the molecule is O=c1[nH]cnc2c1ncn2[C@]1(Cc2ccccc2)O[C@](I)(CO)C(O)(O)[C@]1(S)[N+](=O)[O-]. The number of aromatic amines is 1. The van der Waals surface area contributed by atoms with E-state index in [2.05, 4.69) is 27.6 Å². The van der Waals surface area contributed by atoms with Crippen molar-refractivity contribution in [2.75, 3.05) is 6.61 Å². The van der Waals surface area contributed by atoms with Gasteiger partial charge in [-0.05, 0) is 28.2 Å². The second-order valence-electron chi connectivity index (χ2n) is 7.06. The van der Waals surface area contributed by atoms with E-state index in [1.807, 2.05) is 0 Å². The lowest BCUT2D eigenvalue weighted by atomic mass is 9.89. The van der Waals surface area contributed by atoms with Crippen molar-refractivity contribution in [1.29, 1.82) is 0 Å². The molecule has 0 bridgehead atoms. The quantitative estimate of drug-likeness (QED) is 0.0703. The molecule has 0 saturated carbocycles. The number of aliphatic hydroxyl groups is 3. The van der Waals surface area contributed by atoms with E-state index in [4.69, 9.17) is 4.74 Å². The molecule has 31 heavy (non-hydrogen) atoms. The van der Waals surface area contributed by atoms with Crippen LogP contribution in [-0.4, -0.2) is 60.6 Å². The van der Waals surface area contributed by atoms with Crippen LogP contribution >= 0.6 is 35.2 Å². The number of nitrogens with zero attached hydrogens (tertiary/aromatic N) is 4. The van der Waals surface area contributed by atoms with E-state index in [0.29, 0.717) is 5.56 Å². The molecule has 0 spiro atoms. The van der Waals surface area contributed by atoms with Gasteiger partial charge in [0.05, 0.1) is 19.3 Å². The highest BCUT2D eigenvalue weighted by Crippen LogP contribution is 2.61. The number of nitro groups is 1. The summed E-state index contributed by atoms with van der Waals surface area (Å²) in [5.74, 6) is -3.27. The molecule has 1 aromatic carbocycles. The zero-order chi connectivity index (χ0) is 22.7. The smallest absolute Gasteiger partial charge is 0.368 e. The molecule has 0 aliphatic carbocycles. The summed E-state index contributed by atoms with van der Waals surface area (Å²) in [7, 11) is 0. The summed E-state index contributed by atoms with van der Waals surface area (Å²) in [6.45, 7) is -0.992. The van der Waals surface area contributed by atoms with E-state index in [-0.39, 0.29) is 17.6 Å². The Bertz CT molecular complexity index is 1220. The second-order valence-corrected chi connectivity index (χ2v) is 9.45. The molecule has 14 heteroatoms. The first-order valence-corrected chi connectivity index (χ1v) is 10.3. The van der Waals surface area contributed by atoms with Gasteiger partial charge in [0.15, 0.2) is 11.2 Å². The molecule has 3 atom stereocenters. The predicted molar refractivity (Wildman–Crippen MR) is 117 cm³/mol. The number of thiol groups is 1. The number of rotatable bonds is 5. The summed E-state index contributed by atoms with van der Waals surface area (Å²) >= 11 is 5.58. The van der Waals surface area contributed by atoms with Gasteiger partial charge in [0.1, 0.15) is 0 Å². The highest BCUT2D eigenvalue weighted by molar-refractivity contribution is 14.1. The van der Waals surface area contributed by atoms with Crippen molar-refractivity contribution in [3.8, 4) is 0 Å². The first kappa shape index (κ1) is 22.1. The van der Waals surface area contributed by atoms with Gasteiger partial charge < -0.3 is 25.0 Å². The minimum Gasteiger partial charge on any atom is -0.392 e. The number of hydrogen-bond donors (Lipinski definition) is 5. The highest BCUT2D eigenvalue weighted by atomic mass is 127. The molecule has 12 nitrogen and oxygen atoms in total. The van der Waals surface area contributed by atoms with Crippen molar-refractivity contribution in [2.24, 2.45) is 0 Å². The second kappa shape index (κ2) is 7.21. The number of ether oxygens (including phenoxy) is 1. The Morgan fingerprint density at radius 1 is 1.29 bits per heavy atom. The third kappa shape index (κ3) is 2.79. The van der Waals surface area contributed by atoms with Gasteiger partial charge in [0, 0.05) is 11.3 Å². The zero-order valence-corrected chi connectivity index (χ0v) is 18.6. The summed E-state index contributed by atoms with van der Waals surface area (Å²) in [4.78, 5) is 31.0. The van der Waals surface area contributed by atoms with E-state index in [0.717, 1.165) is 17.2 Å². The van der Waals surface area contributed by atoms with Gasteiger partial charge in [-0.15, -0.1) is 0 Å². The summed E-state index contributed by atoms with van der Waals surface area (Å²) in [6.07, 6.45) is 1.86. The maximum atomic E-state index is 12.4. The maximum absolute atomic E-state index is 12.4. The third-order valence-corrected chi connectivity index (χ3v) is 7.50. The molecule has 3 aromatic rings. The van der Waals surface area contributed by atoms with Crippen LogP contribution in [0.25, 0.3) is 11.2 Å². The summed E-state index contributed by atoms with van der Waals surface area (Å²) in [5.41, 5.74) is -2.61. The number of benzene rings is 1. The summed E-state index contributed by atoms with van der Waals surface area (Å²) in [5, 5.41) is 44.2. The molecule has 4 rings (SSSR count). The fraction of sp³-hybridized carbons (Fsp3) is 0.353. The van der Waals surface area contributed by atoms with Gasteiger partial charge in [-0.3, -0.25) is 19.5 Å². The normalized spacial score (nSPS) is 30.0. The van der Waals surface area contributed by atoms with Crippen molar-refractivity contribution < 1.29 is 25.0 Å². The molecular weight excluding hydrogens is 545 g/mol. The van der Waals surface area contributed by atoms with Gasteiger partial charge in [-0.1, -0.05) is 43.0 Å². The first-order chi connectivity index (χ1) is 14.5. The molecule has 1 aliphatic heterocycles. The fourth-order valence-corrected chi connectivity index (χ4v) is 5.18. The Labute approximate surface area is 192 Å². The number of fused-ring (bicyclic) bond motifs is 1. The van der Waals surface area contributed by atoms with Crippen LogP contribution in [0.15, 0.2) is 47.8 Å². The van der Waals surface area contributed by atoms with Crippen LogP contribution < -0.4 is 5.56 Å². The van der Waals surface area contributed by atoms with E-state index < -0.39 is 37.1 Å². The number of alkyl halides is 1. The Hall–Kier alpha value is -2.11. The molecule has 0 radical (unpaired) electrons.